The fraction of sp³-hybridized carbons (Fsp3) is 0.182. The second-order valence-electron chi connectivity index (χ2n) is 6.29. The lowest BCUT2D eigenvalue weighted by atomic mass is 10.0. The molecule has 0 aliphatic rings. The van der Waals surface area contributed by atoms with Crippen LogP contribution in [0.2, 0.25) is 0 Å². The summed E-state index contributed by atoms with van der Waals surface area (Å²) >= 11 is 0. The van der Waals surface area contributed by atoms with Crippen LogP contribution < -0.4 is 4.74 Å². The average Bonchev–Trinajstić information content (AvgIpc) is 3.38. The summed E-state index contributed by atoms with van der Waals surface area (Å²) in [6.07, 6.45) is 8.69. The van der Waals surface area contributed by atoms with Gasteiger partial charge in [0.1, 0.15) is 5.75 Å². The summed E-state index contributed by atoms with van der Waals surface area (Å²) in [6.45, 7) is 1.50. The van der Waals surface area contributed by atoms with Crippen molar-refractivity contribution >= 4 is 0 Å². The summed E-state index contributed by atoms with van der Waals surface area (Å²) in [6, 6.07) is 18.2. The molecule has 0 fully saturated rings. The lowest BCUT2D eigenvalue weighted by molar-refractivity contribution is 0.302. The van der Waals surface area contributed by atoms with Crippen molar-refractivity contribution in [1.82, 2.24) is 14.5 Å². The molecule has 27 heavy (non-hydrogen) atoms. The van der Waals surface area contributed by atoms with Gasteiger partial charge >= 0.3 is 0 Å². The normalized spacial score (nSPS) is 10.8. The predicted molar refractivity (Wildman–Crippen MR) is 104 cm³/mol. The van der Waals surface area contributed by atoms with Crippen molar-refractivity contribution in [2.45, 2.75) is 19.4 Å². The molecule has 2 heterocycles. The van der Waals surface area contributed by atoms with Crippen molar-refractivity contribution in [1.29, 1.82) is 0 Å². The minimum Gasteiger partial charge on any atom is -0.493 e. The summed E-state index contributed by atoms with van der Waals surface area (Å²) in [5, 5.41) is 0. The topological polar surface area (TPSA) is 53.1 Å². The molecule has 0 saturated carbocycles. The summed E-state index contributed by atoms with van der Waals surface area (Å²) < 4.78 is 13.8. The van der Waals surface area contributed by atoms with E-state index in [1.807, 2.05) is 59.6 Å². The van der Waals surface area contributed by atoms with Crippen molar-refractivity contribution in [3.63, 3.8) is 0 Å². The Morgan fingerprint density at radius 1 is 1.00 bits per heavy atom. The van der Waals surface area contributed by atoms with E-state index >= 15 is 0 Å². The Hall–Kier alpha value is -3.34. The van der Waals surface area contributed by atoms with Crippen LogP contribution in [0.5, 0.6) is 5.75 Å². The third-order valence-electron chi connectivity index (χ3n) is 4.36. The highest BCUT2D eigenvalue weighted by molar-refractivity contribution is 5.67. The Balaban J connectivity index is 1.47. The lowest BCUT2D eigenvalue weighted by Crippen LogP contribution is -2.04. The van der Waals surface area contributed by atoms with Gasteiger partial charge in [0.2, 0.25) is 0 Å². The first-order chi connectivity index (χ1) is 13.4. The Morgan fingerprint density at radius 3 is 2.70 bits per heavy atom. The lowest BCUT2D eigenvalue weighted by Gasteiger charge is -2.11. The number of nitrogens with zero attached hydrogens (tertiary/aromatic N) is 3. The van der Waals surface area contributed by atoms with Crippen molar-refractivity contribution in [2.75, 3.05) is 6.61 Å². The molecule has 0 saturated heterocycles. The molecule has 0 bridgehead atoms. The first-order valence-corrected chi connectivity index (χ1v) is 9.04. The number of rotatable bonds is 8. The number of hydrogen-bond donors (Lipinski definition) is 0. The van der Waals surface area contributed by atoms with Crippen molar-refractivity contribution < 1.29 is 9.15 Å². The van der Waals surface area contributed by atoms with Crippen LogP contribution >= 0.6 is 0 Å². The van der Waals surface area contributed by atoms with Crippen LogP contribution in [0.15, 0.2) is 84.1 Å². The van der Waals surface area contributed by atoms with E-state index in [0.29, 0.717) is 6.61 Å². The zero-order valence-electron chi connectivity index (χ0n) is 15.0. The van der Waals surface area contributed by atoms with Gasteiger partial charge in [-0.25, -0.2) is 9.97 Å². The van der Waals surface area contributed by atoms with E-state index < -0.39 is 0 Å². The van der Waals surface area contributed by atoms with Gasteiger partial charge in [0.15, 0.2) is 12.2 Å². The first kappa shape index (κ1) is 17.1. The number of oxazole rings is 1. The van der Waals surface area contributed by atoms with E-state index in [1.54, 1.807) is 6.20 Å². The fourth-order valence-electron chi connectivity index (χ4n) is 3.03. The Morgan fingerprint density at radius 2 is 1.85 bits per heavy atom. The summed E-state index contributed by atoms with van der Waals surface area (Å²) in [5.41, 5.74) is 3.05. The van der Waals surface area contributed by atoms with Gasteiger partial charge in [0, 0.05) is 25.4 Å². The molecular weight excluding hydrogens is 338 g/mol. The van der Waals surface area contributed by atoms with E-state index in [1.165, 1.54) is 12.0 Å². The maximum Gasteiger partial charge on any atom is 0.181 e. The number of hydrogen-bond acceptors (Lipinski definition) is 4. The largest absolute Gasteiger partial charge is 0.493 e. The standard InChI is InChI=1S/C22H21N3O2/c1-2-7-18(8-3-1)15-20-22(27-17-24-20)19-9-4-5-10-21(19)26-14-6-12-25-13-11-23-16-25/h1-5,7-11,13,16-17H,6,12,14-15H2. The van der Waals surface area contributed by atoms with Crippen LogP contribution in [0.4, 0.5) is 0 Å². The summed E-state index contributed by atoms with van der Waals surface area (Å²) in [7, 11) is 0. The van der Waals surface area contributed by atoms with Crippen LogP contribution in [-0.2, 0) is 13.0 Å². The molecule has 0 aliphatic heterocycles. The quantitative estimate of drug-likeness (QED) is 0.432. The van der Waals surface area contributed by atoms with E-state index in [-0.39, 0.29) is 0 Å². The van der Waals surface area contributed by atoms with Gasteiger partial charge in [-0.2, -0.15) is 0 Å². The average molecular weight is 359 g/mol. The maximum atomic E-state index is 6.04. The molecule has 136 valence electrons. The second-order valence-corrected chi connectivity index (χ2v) is 6.29. The summed E-state index contributed by atoms with van der Waals surface area (Å²) in [4.78, 5) is 8.48. The van der Waals surface area contributed by atoms with E-state index in [2.05, 4.69) is 22.1 Å². The zero-order valence-corrected chi connectivity index (χ0v) is 15.0. The smallest absolute Gasteiger partial charge is 0.181 e. The molecule has 2 aromatic carbocycles. The van der Waals surface area contributed by atoms with E-state index in [0.717, 1.165) is 42.2 Å². The number of ether oxygens (including phenoxy) is 1. The molecule has 4 aromatic rings. The molecule has 0 amide bonds. The Labute approximate surface area is 158 Å². The van der Waals surface area contributed by atoms with Crippen LogP contribution in [-0.4, -0.2) is 21.1 Å². The van der Waals surface area contributed by atoms with Gasteiger partial charge in [0.25, 0.3) is 0 Å². The SMILES string of the molecule is c1ccc(Cc2ncoc2-c2ccccc2OCCCn2ccnc2)cc1. The highest BCUT2D eigenvalue weighted by Gasteiger charge is 2.15. The molecule has 4 rings (SSSR count). The molecule has 0 unspecified atom stereocenters. The molecule has 0 N–H and O–H groups in total. The van der Waals surface area contributed by atoms with Gasteiger partial charge in [-0.15, -0.1) is 0 Å². The monoisotopic (exact) mass is 359 g/mol. The molecular formula is C22H21N3O2. The van der Waals surface area contributed by atoms with E-state index in [9.17, 15) is 0 Å². The zero-order chi connectivity index (χ0) is 18.3. The van der Waals surface area contributed by atoms with Gasteiger partial charge in [-0.3, -0.25) is 0 Å². The molecule has 0 radical (unpaired) electrons. The Kier molecular flexibility index (Phi) is 5.29. The molecule has 0 aliphatic carbocycles. The van der Waals surface area contributed by atoms with Crippen LogP contribution in [0.25, 0.3) is 11.3 Å². The van der Waals surface area contributed by atoms with E-state index in [4.69, 9.17) is 9.15 Å². The van der Waals surface area contributed by atoms with Crippen LogP contribution in [0.3, 0.4) is 0 Å². The van der Waals surface area contributed by atoms with Gasteiger partial charge in [-0.1, -0.05) is 42.5 Å². The third-order valence-corrected chi connectivity index (χ3v) is 4.36. The summed E-state index contributed by atoms with van der Waals surface area (Å²) in [5.74, 6) is 1.58. The minimum absolute atomic E-state index is 0.622. The number of benzene rings is 2. The highest BCUT2D eigenvalue weighted by Crippen LogP contribution is 2.33. The molecule has 5 nitrogen and oxygen atoms in total. The molecule has 2 aromatic heterocycles. The first-order valence-electron chi connectivity index (χ1n) is 9.04. The predicted octanol–water partition coefficient (Wildman–Crippen LogP) is 4.60. The Bertz CT molecular complexity index is 962. The highest BCUT2D eigenvalue weighted by atomic mass is 16.5. The van der Waals surface area contributed by atoms with Crippen LogP contribution in [0.1, 0.15) is 17.7 Å². The number of aryl methyl sites for hydroxylation is 1. The maximum absolute atomic E-state index is 6.04. The third kappa shape index (κ3) is 4.26. The van der Waals surface area contributed by atoms with Crippen molar-refractivity contribution in [3.8, 4) is 17.1 Å². The second kappa shape index (κ2) is 8.36. The number of aromatic nitrogens is 3. The van der Waals surface area contributed by atoms with Gasteiger partial charge in [-0.05, 0) is 24.1 Å². The van der Waals surface area contributed by atoms with Crippen molar-refractivity contribution in [2.24, 2.45) is 0 Å². The fourth-order valence-corrected chi connectivity index (χ4v) is 3.03. The number of para-hydroxylation sites is 1. The molecule has 0 spiro atoms. The molecule has 0 atom stereocenters. The number of imidazole rings is 1. The van der Waals surface area contributed by atoms with Gasteiger partial charge < -0.3 is 13.7 Å². The van der Waals surface area contributed by atoms with Crippen LogP contribution in [0, 0.1) is 0 Å². The van der Waals surface area contributed by atoms with Crippen molar-refractivity contribution in [3.05, 3.63) is 91.0 Å². The molecule has 5 heteroatoms. The van der Waals surface area contributed by atoms with Gasteiger partial charge in [0.05, 0.1) is 24.2 Å². The minimum atomic E-state index is 0.622.